The van der Waals surface area contributed by atoms with E-state index in [0.29, 0.717) is 39.6 Å². The van der Waals surface area contributed by atoms with Crippen LogP contribution in [0.4, 0.5) is 0 Å². The van der Waals surface area contributed by atoms with Gasteiger partial charge in [0.15, 0.2) is 0 Å². The van der Waals surface area contributed by atoms with Crippen molar-refractivity contribution in [2.24, 2.45) is 0 Å². The lowest BCUT2D eigenvalue weighted by molar-refractivity contribution is 0.00578. The average Bonchev–Trinajstić information content (AvgIpc) is 2.82. The first kappa shape index (κ1) is 21.2. The number of hydrogen-bond donors (Lipinski definition) is 0. The van der Waals surface area contributed by atoms with E-state index in [4.69, 9.17) is 28.3 Å². The summed E-state index contributed by atoms with van der Waals surface area (Å²) in [5, 5.41) is 0. The number of hydrogen-bond acceptors (Lipinski definition) is 6. The molecule has 1 aliphatic heterocycles. The van der Waals surface area contributed by atoms with Crippen LogP contribution in [0.25, 0.3) is 0 Å². The van der Waals surface area contributed by atoms with Gasteiger partial charge in [-0.15, -0.1) is 0 Å². The summed E-state index contributed by atoms with van der Waals surface area (Å²) >= 11 is 0. The van der Waals surface area contributed by atoms with Gasteiger partial charge in [-0.1, -0.05) is 12.1 Å². The maximum atomic E-state index is 6.05. The number of benzene rings is 1. The van der Waals surface area contributed by atoms with Crippen LogP contribution in [-0.2, 0) is 23.5 Å². The second-order valence-electron chi connectivity index (χ2n) is 7.22. The van der Waals surface area contributed by atoms with Gasteiger partial charge in [0, 0.05) is 7.11 Å². The van der Waals surface area contributed by atoms with Crippen molar-refractivity contribution in [3.63, 3.8) is 0 Å². The van der Waals surface area contributed by atoms with Crippen molar-refractivity contribution in [1.82, 2.24) is 0 Å². The lowest BCUT2D eigenvalue weighted by atomic mass is 9.79. The highest BCUT2D eigenvalue weighted by Gasteiger charge is 2.51. The topological polar surface area (TPSA) is 55.4 Å². The molecule has 1 heterocycles. The van der Waals surface area contributed by atoms with Crippen molar-refractivity contribution >= 4 is 12.6 Å². The molecule has 146 valence electrons. The fourth-order valence-corrected chi connectivity index (χ4v) is 2.38. The molecule has 7 heteroatoms. The molecule has 0 unspecified atom stereocenters. The Morgan fingerprint density at radius 2 is 1.27 bits per heavy atom. The van der Waals surface area contributed by atoms with Crippen molar-refractivity contribution in [2.45, 2.75) is 38.9 Å². The summed E-state index contributed by atoms with van der Waals surface area (Å²) in [6.45, 7) is 11.5. The molecule has 0 bridgehead atoms. The fraction of sp³-hybridized carbons (Fsp3) is 0.684. The third-order valence-electron chi connectivity index (χ3n) is 4.71. The van der Waals surface area contributed by atoms with Gasteiger partial charge in [0.2, 0.25) is 0 Å². The molecule has 26 heavy (non-hydrogen) atoms. The maximum Gasteiger partial charge on any atom is 0.494 e. The van der Waals surface area contributed by atoms with Gasteiger partial charge in [0.1, 0.15) is 12.4 Å². The van der Waals surface area contributed by atoms with Gasteiger partial charge in [0.25, 0.3) is 0 Å². The van der Waals surface area contributed by atoms with Crippen molar-refractivity contribution in [3.8, 4) is 5.75 Å². The van der Waals surface area contributed by atoms with Crippen LogP contribution >= 0.6 is 0 Å². The third kappa shape index (κ3) is 5.96. The maximum absolute atomic E-state index is 6.05. The van der Waals surface area contributed by atoms with Crippen LogP contribution in [0.15, 0.2) is 24.3 Å². The highest BCUT2D eigenvalue weighted by atomic mass is 16.7. The van der Waals surface area contributed by atoms with E-state index in [-0.39, 0.29) is 18.3 Å². The van der Waals surface area contributed by atoms with E-state index in [1.807, 2.05) is 52.0 Å². The van der Waals surface area contributed by atoms with Gasteiger partial charge in [-0.3, -0.25) is 0 Å². The lowest BCUT2D eigenvalue weighted by Crippen LogP contribution is -2.41. The average molecular weight is 366 g/mol. The standard InChI is InChI=1S/C19H31BO6/c1-18(2)19(3,4)26-20(25-18)16-6-8-17(9-7-16)24-15-14-23-13-12-22-11-10-21-5/h6-9H,10-15H2,1-5H3. The molecular formula is C19H31BO6. The monoisotopic (exact) mass is 366 g/mol. The zero-order valence-corrected chi connectivity index (χ0v) is 16.6. The second-order valence-corrected chi connectivity index (χ2v) is 7.22. The Balaban J connectivity index is 1.66. The number of rotatable bonds is 11. The summed E-state index contributed by atoms with van der Waals surface area (Å²) in [6.07, 6.45) is 0. The highest BCUT2D eigenvalue weighted by molar-refractivity contribution is 6.62. The van der Waals surface area contributed by atoms with Gasteiger partial charge in [-0.05, 0) is 45.3 Å². The summed E-state index contributed by atoms with van der Waals surface area (Å²) in [6, 6.07) is 7.80. The van der Waals surface area contributed by atoms with E-state index in [2.05, 4.69) is 0 Å². The van der Waals surface area contributed by atoms with E-state index in [9.17, 15) is 0 Å². The summed E-state index contributed by atoms with van der Waals surface area (Å²) in [5.74, 6) is 0.796. The van der Waals surface area contributed by atoms with E-state index in [1.54, 1.807) is 7.11 Å². The van der Waals surface area contributed by atoms with E-state index in [1.165, 1.54) is 0 Å². The molecule has 1 aliphatic rings. The van der Waals surface area contributed by atoms with Gasteiger partial charge >= 0.3 is 7.12 Å². The van der Waals surface area contributed by atoms with Crippen molar-refractivity contribution < 1.29 is 28.3 Å². The molecule has 1 fully saturated rings. The number of methoxy groups -OCH3 is 1. The zero-order valence-electron chi connectivity index (χ0n) is 16.6. The predicted molar refractivity (Wildman–Crippen MR) is 101 cm³/mol. The second kappa shape index (κ2) is 9.71. The van der Waals surface area contributed by atoms with Crippen LogP contribution in [-0.4, -0.2) is 65.1 Å². The third-order valence-corrected chi connectivity index (χ3v) is 4.71. The normalized spacial score (nSPS) is 18.3. The molecule has 0 aliphatic carbocycles. The van der Waals surface area contributed by atoms with Gasteiger partial charge in [-0.2, -0.15) is 0 Å². The predicted octanol–water partition coefficient (Wildman–Crippen LogP) is 2.04. The molecule has 0 saturated carbocycles. The van der Waals surface area contributed by atoms with Crippen LogP contribution in [0.3, 0.4) is 0 Å². The summed E-state index contributed by atoms with van der Waals surface area (Å²) < 4.78 is 33.4. The first-order chi connectivity index (χ1) is 12.4. The molecular weight excluding hydrogens is 335 g/mol. The SMILES string of the molecule is COCCOCCOCCOc1ccc(B2OC(C)(C)C(C)(C)O2)cc1. The van der Waals surface area contributed by atoms with Crippen LogP contribution in [0.2, 0.25) is 0 Å². The summed E-state index contributed by atoms with van der Waals surface area (Å²) in [4.78, 5) is 0. The van der Waals surface area contributed by atoms with Crippen LogP contribution < -0.4 is 10.2 Å². The van der Waals surface area contributed by atoms with Gasteiger partial charge in [-0.25, -0.2) is 0 Å². The zero-order chi connectivity index (χ0) is 19.0. The van der Waals surface area contributed by atoms with E-state index < -0.39 is 0 Å². The minimum Gasteiger partial charge on any atom is -0.491 e. The molecule has 0 radical (unpaired) electrons. The minimum atomic E-state index is -0.351. The Kier molecular flexibility index (Phi) is 7.92. The Labute approximate surface area is 157 Å². The van der Waals surface area contributed by atoms with E-state index in [0.717, 1.165) is 11.2 Å². The Morgan fingerprint density at radius 1 is 0.769 bits per heavy atom. The Hall–Kier alpha value is -1.12. The molecule has 1 aromatic rings. The first-order valence-electron chi connectivity index (χ1n) is 9.08. The molecule has 2 rings (SSSR count). The number of ether oxygens (including phenoxy) is 4. The quantitative estimate of drug-likeness (QED) is 0.441. The van der Waals surface area contributed by atoms with Gasteiger partial charge < -0.3 is 28.3 Å². The molecule has 1 saturated heterocycles. The van der Waals surface area contributed by atoms with Gasteiger partial charge in [0.05, 0.1) is 44.2 Å². The molecule has 0 atom stereocenters. The first-order valence-corrected chi connectivity index (χ1v) is 9.08. The molecule has 0 spiro atoms. The molecule has 6 nitrogen and oxygen atoms in total. The summed E-state index contributed by atoms with van der Waals surface area (Å²) in [7, 11) is 1.30. The molecule has 0 aromatic heterocycles. The largest absolute Gasteiger partial charge is 0.494 e. The Bertz CT molecular complexity index is 515. The highest BCUT2D eigenvalue weighted by Crippen LogP contribution is 2.36. The van der Waals surface area contributed by atoms with Crippen molar-refractivity contribution in [1.29, 1.82) is 0 Å². The fourth-order valence-electron chi connectivity index (χ4n) is 2.38. The van der Waals surface area contributed by atoms with Crippen LogP contribution in [0.5, 0.6) is 5.75 Å². The Morgan fingerprint density at radius 3 is 1.81 bits per heavy atom. The molecule has 1 aromatic carbocycles. The minimum absolute atomic E-state index is 0.336. The van der Waals surface area contributed by atoms with E-state index >= 15 is 0 Å². The molecule has 0 amide bonds. The van der Waals surface area contributed by atoms with Crippen LogP contribution in [0, 0.1) is 0 Å². The smallest absolute Gasteiger partial charge is 0.491 e. The molecule has 0 N–H and O–H groups in total. The van der Waals surface area contributed by atoms with Crippen LogP contribution in [0.1, 0.15) is 27.7 Å². The van der Waals surface area contributed by atoms with Crippen molar-refractivity contribution in [2.75, 3.05) is 46.8 Å². The summed E-state index contributed by atoms with van der Waals surface area (Å²) in [5.41, 5.74) is 0.315. The van der Waals surface area contributed by atoms with Crippen molar-refractivity contribution in [3.05, 3.63) is 24.3 Å². The lowest BCUT2D eigenvalue weighted by Gasteiger charge is -2.32.